The summed E-state index contributed by atoms with van der Waals surface area (Å²) in [7, 11) is 0. The van der Waals surface area contributed by atoms with Gasteiger partial charge >= 0.3 is 0 Å². The molecule has 2 aromatic heterocycles. The topological polar surface area (TPSA) is 69.1 Å². The zero-order valence-electron chi connectivity index (χ0n) is 10.6. The van der Waals surface area contributed by atoms with Crippen LogP contribution >= 0.6 is 34.5 Å². The second-order valence-electron chi connectivity index (χ2n) is 4.32. The molecule has 5 nitrogen and oxygen atoms in total. The molecule has 3 aromatic rings. The summed E-state index contributed by atoms with van der Waals surface area (Å²) in [5.74, 6) is 0.844. The standard InChI is InChI=1S/C12H11Cl2N5S/c1-2-3-9-16-17-12-19(9)18-11(20-12)7-4-6(13)5-8(14)10(7)15/h4-5H,2-3,15H2,1H3. The zero-order valence-corrected chi connectivity index (χ0v) is 12.9. The summed E-state index contributed by atoms with van der Waals surface area (Å²) < 4.78 is 1.75. The van der Waals surface area contributed by atoms with Gasteiger partial charge in [0.1, 0.15) is 5.01 Å². The molecule has 0 saturated carbocycles. The lowest BCUT2D eigenvalue weighted by molar-refractivity contribution is 0.778. The van der Waals surface area contributed by atoms with E-state index in [-0.39, 0.29) is 0 Å². The van der Waals surface area contributed by atoms with Crippen LogP contribution in [0.2, 0.25) is 10.0 Å². The van der Waals surface area contributed by atoms with Crippen LogP contribution in [0.3, 0.4) is 0 Å². The van der Waals surface area contributed by atoms with E-state index >= 15 is 0 Å². The SMILES string of the molecule is CCCc1nnc2sc(-c3cc(Cl)cc(Cl)c3N)nn12. The molecule has 0 saturated heterocycles. The van der Waals surface area contributed by atoms with Gasteiger partial charge in [-0.2, -0.15) is 9.61 Å². The number of halogens is 2. The molecule has 0 fully saturated rings. The second kappa shape index (κ2) is 5.20. The van der Waals surface area contributed by atoms with E-state index in [1.165, 1.54) is 11.3 Å². The number of rotatable bonds is 3. The first kappa shape index (κ1) is 13.6. The number of nitrogens with two attached hydrogens (primary N) is 1. The van der Waals surface area contributed by atoms with Crippen LogP contribution in [-0.2, 0) is 6.42 Å². The predicted octanol–water partition coefficient (Wildman–Crippen LogP) is 3.69. The highest BCUT2D eigenvalue weighted by Crippen LogP contribution is 2.36. The number of nitrogens with zero attached hydrogens (tertiary/aromatic N) is 4. The van der Waals surface area contributed by atoms with E-state index in [9.17, 15) is 0 Å². The van der Waals surface area contributed by atoms with Crippen molar-refractivity contribution in [3.8, 4) is 10.6 Å². The van der Waals surface area contributed by atoms with Crippen LogP contribution in [0.25, 0.3) is 15.5 Å². The highest BCUT2D eigenvalue weighted by atomic mass is 35.5. The number of nitrogen functional groups attached to an aromatic ring is 1. The van der Waals surface area contributed by atoms with Gasteiger partial charge in [0.15, 0.2) is 5.82 Å². The molecule has 1 aromatic carbocycles. The highest BCUT2D eigenvalue weighted by molar-refractivity contribution is 7.19. The molecule has 2 heterocycles. The van der Waals surface area contributed by atoms with Crippen LogP contribution in [0.4, 0.5) is 5.69 Å². The monoisotopic (exact) mass is 327 g/mol. The number of aryl methyl sites for hydroxylation is 1. The molecule has 104 valence electrons. The Labute approximate surface area is 129 Å². The number of hydrogen-bond acceptors (Lipinski definition) is 5. The average molecular weight is 328 g/mol. The average Bonchev–Trinajstić information content (AvgIpc) is 2.96. The lowest BCUT2D eigenvalue weighted by Gasteiger charge is -2.04. The molecule has 0 spiro atoms. The Balaban J connectivity index is 2.15. The van der Waals surface area contributed by atoms with Crippen molar-refractivity contribution in [3.05, 3.63) is 28.0 Å². The highest BCUT2D eigenvalue weighted by Gasteiger charge is 2.16. The van der Waals surface area contributed by atoms with Gasteiger partial charge < -0.3 is 5.73 Å². The zero-order chi connectivity index (χ0) is 14.3. The van der Waals surface area contributed by atoms with E-state index in [1.807, 2.05) is 0 Å². The molecule has 2 N–H and O–H groups in total. The lowest BCUT2D eigenvalue weighted by Crippen LogP contribution is -1.96. The van der Waals surface area contributed by atoms with Gasteiger partial charge in [-0.3, -0.25) is 0 Å². The molecule has 20 heavy (non-hydrogen) atoms. The first-order valence-corrected chi connectivity index (χ1v) is 7.63. The van der Waals surface area contributed by atoms with Gasteiger partial charge in [-0.25, -0.2) is 0 Å². The normalized spacial score (nSPS) is 11.3. The van der Waals surface area contributed by atoms with Crippen molar-refractivity contribution in [1.82, 2.24) is 19.8 Å². The number of aromatic nitrogens is 4. The molecular formula is C12H11Cl2N5S. The van der Waals surface area contributed by atoms with Gasteiger partial charge in [0, 0.05) is 17.0 Å². The molecule has 0 bridgehead atoms. The van der Waals surface area contributed by atoms with Gasteiger partial charge in [-0.05, 0) is 18.6 Å². The van der Waals surface area contributed by atoms with E-state index in [4.69, 9.17) is 28.9 Å². The van der Waals surface area contributed by atoms with Crippen molar-refractivity contribution in [2.45, 2.75) is 19.8 Å². The molecule has 0 amide bonds. The van der Waals surface area contributed by atoms with Crippen LogP contribution in [0.15, 0.2) is 12.1 Å². The minimum atomic E-state index is 0.423. The maximum Gasteiger partial charge on any atom is 0.234 e. The molecule has 0 atom stereocenters. The number of fused-ring (bicyclic) bond motifs is 1. The van der Waals surface area contributed by atoms with E-state index in [0.717, 1.165) is 34.2 Å². The Morgan fingerprint density at radius 2 is 2.10 bits per heavy atom. The second-order valence-corrected chi connectivity index (χ2v) is 6.12. The summed E-state index contributed by atoms with van der Waals surface area (Å²) in [6, 6.07) is 3.37. The van der Waals surface area contributed by atoms with Gasteiger partial charge in [0.25, 0.3) is 0 Å². The molecular weight excluding hydrogens is 317 g/mol. The summed E-state index contributed by atoms with van der Waals surface area (Å²) >= 11 is 13.5. The summed E-state index contributed by atoms with van der Waals surface area (Å²) in [6.45, 7) is 2.09. The fourth-order valence-electron chi connectivity index (χ4n) is 1.91. The number of benzene rings is 1. The first-order chi connectivity index (χ1) is 9.60. The summed E-state index contributed by atoms with van der Waals surface area (Å²) in [5.41, 5.74) is 7.19. The summed E-state index contributed by atoms with van der Waals surface area (Å²) in [5, 5.41) is 14.4. The summed E-state index contributed by atoms with van der Waals surface area (Å²) in [4.78, 5) is 0.735. The van der Waals surface area contributed by atoms with E-state index in [0.29, 0.717) is 15.7 Å². The maximum absolute atomic E-state index is 6.06. The number of hydrogen-bond donors (Lipinski definition) is 1. The smallest absolute Gasteiger partial charge is 0.234 e. The van der Waals surface area contributed by atoms with Gasteiger partial charge in [-0.1, -0.05) is 41.5 Å². The third kappa shape index (κ3) is 2.24. The number of anilines is 1. The molecule has 0 radical (unpaired) electrons. The predicted molar refractivity (Wildman–Crippen MR) is 82.5 cm³/mol. The molecule has 0 unspecified atom stereocenters. The molecule has 0 aliphatic heterocycles. The largest absolute Gasteiger partial charge is 0.397 e. The summed E-state index contributed by atoms with van der Waals surface area (Å²) in [6.07, 6.45) is 1.81. The van der Waals surface area contributed by atoms with Crippen LogP contribution in [-0.4, -0.2) is 19.8 Å². The fourth-order valence-corrected chi connectivity index (χ4v) is 3.29. The fraction of sp³-hybridized carbons (Fsp3) is 0.250. The van der Waals surface area contributed by atoms with Crippen LogP contribution in [0, 0.1) is 0 Å². The third-order valence-corrected chi connectivity index (χ3v) is 4.32. The lowest BCUT2D eigenvalue weighted by atomic mass is 10.2. The Kier molecular flexibility index (Phi) is 3.54. The Morgan fingerprint density at radius 1 is 1.30 bits per heavy atom. The van der Waals surface area contributed by atoms with E-state index < -0.39 is 0 Å². The Bertz CT molecular complexity index is 780. The van der Waals surface area contributed by atoms with Crippen LogP contribution in [0.5, 0.6) is 0 Å². The molecule has 0 aliphatic rings. The third-order valence-electron chi connectivity index (χ3n) is 2.85. The molecule has 8 heteroatoms. The van der Waals surface area contributed by atoms with Gasteiger partial charge in [0.2, 0.25) is 4.96 Å². The van der Waals surface area contributed by atoms with Gasteiger partial charge in [0.05, 0.1) is 10.7 Å². The van der Waals surface area contributed by atoms with Crippen LogP contribution in [0.1, 0.15) is 19.2 Å². The quantitative estimate of drug-likeness (QED) is 0.745. The van der Waals surface area contributed by atoms with E-state index in [2.05, 4.69) is 22.2 Å². The molecule has 3 rings (SSSR count). The van der Waals surface area contributed by atoms with Gasteiger partial charge in [-0.15, -0.1) is 10.2 Å². The van der Waals surface area contributed by atoms with Crippen molar-refractivity contribution in [3.63, 3.8) is 0 Å². The Hall–Kier alpha value is -1.37. The van der Waals surface area contributed by atoms with Crippen molar-refractivity contribution < 1.29 is 0 Å². The first-order valence-electron chi connectivity index (χ1n) is 6.06. The van der Waals surface area contributed by atoms with Crippen molar-refractivity contribution in [1.29, 1.82) is 0 Å². The molecule has 0 aliphatic carbocycles. The van der Waals surface area contributed by atoms with E-state index in [1.54, 1.807) is 16.6 Å². The minimum absolute atomic E-state index is 0.423. The van der Waals surface area contributed by atoms with Crippen LogP contribution < -0.4 is 5.73 Å². The maximum atomic E-state index is 6.06. The van der Waals surface area contributed by atoms with Crippen molar-refractivity contribution in [2.24, 2.45) is 0 Å². The minimum Gasteiger partial charge on any atom is -0.397 e. The Morgan fingerprint density at radius 3 is 2.85 bits per heavy atom. The van der Waals surface area contributed by atoms with Crippen molar-refractivity contribution in [2.75, 3.05) is 5.73 Å². The van der Waals surface area contributed by atoms with Crippen molar-refractivity contribution >= 4 is 45.2 Å².